The molecule has 0 aromatic carbocycles. The fourth-order valence-electron chi connectivity index (χ4n) is 1.45. The highest BCUT2D eigenvalue weighted by Gasteiger charge is 2.07. The van der Waals surface area contributed by atoms with Gasteiger partial charge in [0.1, 0.15) is 0 Å². The Morgan fingerprint density at radius 3 is 2.50 bits per heavy atom. The second kappa shape index (κ2) is 4.96. The summed E-state index contributed by atoms with van der Waals surface area (Å²) in [5.41, 5.74) is 2.92. The van der Waals surface area contributed by atoms with Crippen LogP contribution in [-0.4, -0.2) is 21.9 Å². The summed E-state index contributed by atoms with van der Waals surface area (Å²) in [6.45, 7) is 7.53. The number of carbonyl (C=O) groups excluding carboxylic acids is 1. The maximum atomic E-state index is 11.3. The van der Waals surface area contributed by atoms with Crippen LogP contribution in [0.25, 0.3) is 6.08 Å². The zero-order valence-corrected chi connectivity index (χ0v) is 10.4. The average Bonchev–Trinajstić information content (AvgIpc) is 2.38. The Balaban J connectivity index is 2.80. The van der Waals surface area contributed by atoms with E-state index < -0.39 is 0 Å². The molecule has 0 atom stereocenters. The van der Waals surface area contributed by atoms with Gasteiger partial charge in [0.05, 0.1) is 11.8 Å². The highest BCUT2D eigenvalue weighted by molar-refractivity contribution is 5.87. The van der Waals surface area contributed by atoms with E-state index in [9.17, 15) is 4.79 Å². The molecule has 0 radical (unpaired) electrons. The molecule has 0 saturated carbocycles. The zero-order valence-electron chi connectivity index (χ0n) is 10.4. The summed E-state index contributed by atoms with van der Waals surface area (Å²) >= 11 is 0. The first-order valence-corrected chi connectivity index (χ1v) is 5.30. The van der Waals surface area contributed by atoms with Gasteiger partial charge in [-0.1, -0.05) is 0 Å². The lowest BCUT2D eigenvalue weighted by molar-refractivity contribution is -0.141. The molecule has 0 saturated heterocycles. The maximum absolute atomic E-state index is 11.3. The van der Waals surface area contributed by atoms with Crippen molar-refractivity contribution >= 4 is 12.0 Å². The first-order valence-electron chi connectivity index (χ1n) is 5.30. The number of nitrogens with zero attached hydrogens (tertiary/aromatic N) is 2. The number of aryl methyl sites for hydroxylation is 2. The third kappa shape index (κ3) is 2.95. The molecule has 0 aliphatic carbocycles. The van der Waals surface area contributed by atoms with E-state index in [4.69, 9.17) is 4.74 Å². The van der Waals surface area contributed by atoms with Crippen molar-refractivity contribution in [3.63, 3.8) is 0 Å². The van der Waals surface area contributed by atoms with Gasteiger partial charge in [0.2, 0.25) is 0 Å². The Morgan fingerprint density at radius 2 is 2.06 bits per heavy atom. The Hall–Kier alpha value is -1.58. The summed E-state index contributed by atoms with van der Waals surface area (Å²) in [5, 5.41) is 4.26. The molecule has 0 bridgehead atoms. The number of hydrogen-bond donors (Lipinski definition) is 0. The van der Waals surface area contributed by atoms with Gasteiger partial charge in [-0.3, -0.25) is 4.68 Å². The van der Waals surface area contributed by atoms with E-state index >= 15 is 0 Å². The van der Waals surface area contributed by atoms with Gasteiger partial charge < -0.3 is 4.74 Å². The van der Waals surface area contributed by atoms with Crippen LogP contribution in [0.1, 0.15) is 30.8 Å². The van der Waals surface area contributed by atoms with Crippen molar-refractivity contribution < 1.29 is 9.53 Å². The SMILES string of the molecule is Cc1nn(C)c(C)c1/C=C\C(=O)OC(C)C. The minimum Gasteiger partial charge on any atom is -0.460 e. The second-order valence-electron chi connectivity index (χ2n) is 4.03. The summed E-state index contributed by atoms with van der Waals surface area (Å²) in [6, 6.07) is 0. The van der Waals surface area contributed by atoms with Gasteiger partial charge in [0, 0.05) is 24.4 Å². The number of esters is 1. The minimum absolute atomic E-state index is 0.0896. The Kier molecular flexibility index (Phi) is 3.88. The number of ether oxygens (including phenoxy) is 1. The maximum Gasteiger partial charge on any atom is 0.331 e. The number of aromatic nitrogens is 2. The number of rotatable bonds is 3. The number of hydrogen-bond acceptors (Lipinski definition) is 3. The van der Waals surface area contributed by atoms with E-state index in [1.165, 1.54) is 6.08 Å². The molecule has 1 heterocycles. The summed E-state index contributed by atoms with van der Waals surface area (Å²) in [5.74, 6) is -0.322. The van der Waals surface area contributed by atoms with Gasteiger partial charge >= 0.3 is 5.97 Å². The van der Waals surface area contributed by atoms with E-state index in [2.05, 4.69) is 5.10 Å². The Labute approximate surface area is 95.9 Å². The predicted octanol–water partition coefficient (Wildman–Crippen LogP) is 2.00. The lowest BCUT2D eigenvalue weighted by Crippen LogP contribution is -2.08. The van der Waals surface area contributed by atoms with E-state index in [1.807, 2.05) is 34.7 Å². The van der Waals surface area contributed by atoms with Crippen LogP contribution in [0.15, 0.2) is 6.08 Å². The topological polar surface area (TPSA) is 44.1 Å². The van der Waals surface area contributed by atoms with E-state index in [1.54, 1.807) is 10.8 Å². The second-order valence-corrected chi connectivity index (χ2v) is 4.03. The summed E-state index contributed by atoms with van der Waals surface area (Å²) in [4.78, 5) is 11.3. The van der Waals surface area contributed by atoms with Crippen molar-refractivity contribution in [3.8, 4) is 0 Å². The van der Waals surface area contributed by atoms with Crippen LogP contribution < -0.4 is 0 Å². The molecule has 4 nitrogen and oxygen atoms in total. The largest absolute Gasteiger partial charge is 0.460 e. The Morgan fingerprint density at radius 1 is 1.44 bits per heavy atom. The number of carbonyl (C=O) groups is 1. The quantitative estimate of drug-likeness (QED) is 0.580. The van der Waals surface area contributed by atoms with Crippen molar-refractivity contribution in [1.82, 2.24) is 9.78 Å². The summed E-state index contributed by atoms with van der Waals surface area (Å²) in [6.07, 6.45) is 3.10. The van der Waals surface area contributed by atoms with Crippen LogP contribution in [0.3, 0.4) is 0 Å². The highest BCUT2D eigenvalue weighted by Crippen LogP contribution is 2.13. The fraction of sp³-hybridized carbons (Fsp3) is 0.500. The molecule has 0 aliphatic heterocycles. The van der Waals surface area contributed by atoms with Crippen LogP contribution in [0.4, 0.5) is 0 Å². The molecule has 1 aromatic rings. The van der Waals surface area contributed by atoms with Gasteiger partial charge in [-0.2, -0.15) is 5.10 Å². The lowest BCUT2D eigenvalue weighted by atomic mass is 10.2. The van der Waals surface area contributed by atoms with Crippen molar-refractivity contribution in [2.24, 2.45) is 7.05 Å². The van der Waals surface area contributed by atoms with E-state index in [0.29, 0.717) is 0 Å². The van der Waals surface area contributed by atoms with Crippen LogP contribution in [0.2, 0.25) is 0 Å². The zero-order chi connectivity index (χ0) is 12.3. The van der Waals surface area contributed by atoms with E-state index in [0.717, 1.165) is 17.0 Å². The molecular formula is C12H18N2O2. The molecule has 0 amide bonds. The van der Waals surface area contributed by atoms with Crippen LogP contribution in [-0.2, 0) is 16.6 Å². The van der Waals surface area contributed by atoms with Crippen LogP contribution >= 0.6 is 0 Å². The van der Waals surface area contributed by atoms with Crippen molar-refractivity contribution in [2.75, 3.05) is 0 Å². The monoisotopic (exact) mass is 222 g/mol. The van der Waals surface area contributed by atoms with Crippen LogP contribution in [0, 0.1) is 13.8 Å². The molecule has 0 unspecified atom stereocenters. The first kappa shape index (κ1) is 12.5. The minimum atomic E-state index is -0.322. The predicted molar refractivity (Wildman–Crippen MR) is 62.9 cm³/mol. The highest BCUT2D eigenvalue weighted by atomic mass is 16.5. The molecule has 4 heteroatoms. The van der Waals surface area contributed by atoms with E-state index in [-0.39, 0.29) is 12.1 Å². The molecular weight excluding hydrogens is 204 g/mol. The van der Waals surface area contributed by atoms with Gasteiger partial charge in [-0.25, -0.2) is 4.79 Å². The third-order valence-electron chi connectivity index (χ3n) is 2.30. The average molecular weight is 222 g/mol. The Bertz CT molecular complexity index is 417. The third-order valence-corrected chi connectivity index (χ3v) is 2.30. The van der Waals surface area contributed by atoms with Crippen molar-refractivity contribution in [1.29, 1.82) is 0 Å². The molecule has 16 heavy (non-hydrogen) atoms. The molecule has 88 valence electrons. The van der Waals surface area contributed by atoms with Gasteiger partial charge in [0.15, 0.2) is 0 Å². The lowest BCUT2D eigenvalue weighted by Gasteiger charge is -2.03. The van der Waals surface area contributed by atoms with Crippen molar-refractivity contribution in [3.05, 3.63) is 23.0 Å². The van der Waals surface area contributed by atoms with Gasteiger partial charge in [0.25, 0.3) is 0 Å². The van der Waals surface area contributed by atoms with Crippen LogP contribution in [0.5, 0.6) is 0 Å². The molecule has 0 aliphatic rings. The van der Waals surface area contributed by atoms with Gasteiger partial charge in [-0.15, -0.1) is 0 Å². The van der Waals surface area contributed by atoms with Crippen molar-refractivity contribution in [2.45, 2.75) is 33.8 Å². The molecule has 0 N–H and O–H groups in total. The fourth-order valence-corrected chi connectivity index (χ4v) is 1.45. The standard InChI is InChI=1S/C12H18N2O2/c1-8(2)16-12(15)7-6-11-9(3)13-14(5)10(11)4/h6-8H,1-5H3/b7-6-. The molecule has 0 fully saturated rings. The summed E-state index contributed by atoms with van der Waals surface area (Å²) in [7, 11) is 1.88. The smallest absolute Gasteiger partial charge is 0.331 e. The van der Waals surface area contributed by atoms with Gasteiger partial charge in [-0.05, 0) is 33.8 Å². The first-order chi connectivity index (χ1) is 7.41. The molecule has 1 aromatic heterocycles. The molecule has 1 rings (SSSR count). The molecule has 0 spiro atoms. The summed E-state index contributed by atoms with van der Waals surface area (Å²) < 4.78 is 6.80. The normalized spacial score (nSPS) is 11.4.